The van der Waals surface area contributed by atoms with Crippen LogP contribution in [0, 0.1) is 0 Å². The summed E-state index contributed by atoms with van der Waals surface area (Å²) in [5.41, 5.74) is 1.18. The Labute approximate surface area is 166 Å². The van der Waals surface area contributed by atoms with Gasteiger partial charge < -0.3 is 19.1 Å². The van der Waals surface area contributed by atoms with Crippen molar-refractivity contribution in [3.63, 3.8) is 0 Å². The molecule has 1 heterocycles. The number of hydrogen-bond donors (Lipinski definition) is 0. The summed E-state index contributed by atoms with van der Waals surface area (Å²) >= 11 is 1.53. The topological polar surface area (TPSA) is 78.0 Å². The number of thiazole rings is 1. The maximum atomic E-state index is 12.3. The molecule has 0 atom stereocenters. The number of carbonyl (C=O) groups excluding carboxylic acids is 2. The number of fused-ring (bicyclic) bond motifs is 1. The van der Waals surface area contributed by atoms with Gasteiger partial charge in [-0.3, -0.25) is 4.79 Å². The summed E-state index contributed by atoms with van der Waals surface area (Å²) < 4.78 is 16.5. The Balaban J connectivity index is 1.57. The third-order valence-electron chi connectivity index (χ3n) is 4.08. The third kappa shape index (κ3) is 4.40. The number of carbonyl (C=O) groups is 2. The van der Waals surface area contributed by atoms with Crippen LogP contribution in [0.4, 0.5) is 0 Å². The second-order valence-electron chi connectivity index (χ2n) is 5.97. The van der Waals surface area contributed by atoms with E-state index >= 15 is 0 Å². The van der Waals surface area contributed by atoms with Crippen molar-refractivity contribution in [1.29, 1.82) is 0 Å². The molecule has 0 bridgehead atoms. The van der Waals surface area contributed by atoms with E-state index in [0.717, 1.165) is 15.2 Å². The predicted octanol–water partition coefficient (Wildman–Crippen LogP) is 3.13. The molecule has 0 fully saturated rings. The highest BCUT2D eigenvalue weighted by atomic mass is 32.1. The summed E-state index contributed by atoms with van der Waals surface area (Å²) in [6, 6.07) is 12.5. The zero-order valence-corrected chi connectivity index (χ0v) is 16.6. The number of amides is 1. The lowest BCUT2D eigenvalue weighted by atomic mass is 10.2. The van der Waals surface area contributed by atoms with E-state index in [1.54, 1.807) is 19.2 Å². The van der Waals surface area contributed by atoms with Crippen LogP contribution in [-0.2, 0) is 16.1 Å². The van der Waals surface area contributed by atoms with E-state index in [4.69, 9.17) is 14.2 Å². The molecule has 0 aliphatic heterocycles. The molecule has 2 aromatic carbocycles. The van der Waals surface area contributed by atoms with Crippen LogP contribution >= 0.6 is 11.3 Å². The zero-order chi connectivity index (χ0) is 20.1. The number of hydrogen-bond acceptors (Lipinski definition) is 7. The van der Waals surface area contributed by atoms with Crippen LogP contribution < -0.4 is 9.47 Å². The van der Waals surface area contributed by atoms with Gasteiger partial charge in [-0.05, 0) is 30.3 Å². The number of ether oxygens (including phenoxy) is 3. The molecular weight excluding hydrogens is 380 g/mol. The molecule has 146 valence electrons. The molecule has 0 spiro atoms. The second kappa shape index (κ2) is 8.71. The lowest BCUT2D eigenvalue weighted by Crippen LogP contribution is -2.30. The molecule has 8 heteroatoms. The maximum absolute atomic E-state index is 12.3. The normalized spacial score (nSPS) is 10.5. The van der Waals surface area contributed by atoms with Gasteiger partial charge in [-0.2, -0.15) is 0 Å². The molecule has 7 nitrogen and oxygen atoms in total. The molecule has 1 amide bonds. The number of benzene rings is 2. The molecule has 0 radical (unpaired) electrons. The van der Waals surface area contributed by atoms with E-state index in [2.05, 4.69) is 4.98 Å². The standard InChI is InChI=1S/C20H20N2O5S/c1-22(11-18-21-14-6-4-5-7-17(14)28-18)19(23)12-27-20(24)13-8-9-15(25-2)16(10-13)26-3/h4-10H,11-12H2,1-3H3. The Bertz CT molecular complexity index is 968. The van der Waals surface area contributed by atoms with Crippen molar-refractivity contribution in [3.05, 3.63) is 53.0 Å². The lowest BCUT2D eigenvalue weighted by Gasteiger charge is -2.15. The van der Waals surface area contributed by atoms with E-state index in [1.165, 1.54) is 36.5 Å². The summed E-state index contributed by atoms with van der Waals surface area (Å²) in [6.07, 6.45) is 0. The SMILES string of the molecule is COc1ccc(C(=O)OCC(=O)N(C)Cc2nc3ccccc3s2)cc1OC. The molecule has 0 aliphatic rings. The van der Waals surface area contributed by atoms with Crippen molar-refractivity contribution in [2.24, 2.45) is 0 Å². The van der Waals surface area contributed by atoms with Crippen LogP contribution in [0.2, 0.25) is 0 Å². The van der Waals surface area contributed by atoms with Gasteiger partial charge in [-0.1, -0.05) is 12.1 Å². The summed E-state index contributed by atoms with van der Waals surface area (Å²) in [6.45, 7) is 0.000657. The molecule has 1 aromatic heterocycles. The van der Waals surface area contributed by atoms with Crippen molar-refractivity contribution in [3.8, 4) is 11.5 Å². The van der Waals surface area contributed by atoms with Crippen molar-refractivity contribution in [2.75, 3.05) is 27.9 Å². The largest absolute Gasteiger partial charge is 0.493 e. The average Bonchev–Trinajstić information content (AvgIpc) is 3.13. The van der Waals surface area contributed by atoms with Crippen LogP contribution in [0.3, 0.4) is 0 Å². The van der Waals surface area contributed by atoms with E-state index in [1.807, 2.05) is 24.3 Å². The van der Waals surface area contributed by atoms with Crippen LogP contribution in [0.15, 0.2) is 42.5 Å². The highest BCUT2D eigenvalue weighted by Crippen LogP contribution is 2.27. The molecule has 3 rings (SSSR count). The van der Waals surface area contributed by atoms with Crippen molar-refractivity contribution in [1.82, 2.24) is 9.88 Å². The number of aromatic nitrogens is 1. The smallest absolute Gasteiger partial charge is 0.338 e. The number of methoxy groups -OCH3 is 2. The molecule has 0 saturated heterocycles. The van der Waals surface area contributed by atoms with Gasteiger partial charge in [0.1, 0.15) is 5.01 Å². The minimum Gasteiger partial charge on any atom is -0.493 e. The number of likely N-dealkylation sites (N-methyl/N-ethyl adjacent to an activating group) is 1. The van der Waals surface area contributed by atoms with Gasteiger partial charge in [0.2, 0.25) is 0 Å². The number of nitrogens with zero attached hydrogens (tertiary/aromatic N) is 2. The third-order valence-corrected chi connectivity index (χ3v) is 5.10. The van der Waals surface area contributed by atoms with E-state index < -0.39 is 5.97 Å². The molecule has 28 heavy (non-hydrogen) atoms. The monoisotopic (exact) mass is 400 g/mol. The second-order valence-corrected chi connectivity index (χ2v) is 7.09. The fourth-order valence-electron chi connectivity index (χ4n) is 2.56. The van der Waals surface area contributed by atoms with Gasteiger partial charge >= 0.3 is 5.97 Å². The van der Waals surface area contributed by atoms with Crippen LogP contribution in [0.1, 0.15) is 15.4 Å². The van der Waals surface area contributed by atoms with Crippen LogP contribution in [0.25, 0.3) is 10.2 Å². The highest BCUT2D eigenvalue weighted by Gasteiger charge is 2.17. The minimum absolute atomic E-state index is 0.277. The first kappa shape index (κ1) is 19.6. The molecule has 0 N–H and O–H groups in total. The molecule has 0 aliphatic carbocycles. The van der Waals surface area contributed by atoms with Gasteiger partial charge in [-0.15, -0.1) is 11.3 Å². The van der Waals surface area contributed by atoms with Crippen molar-refractivity contribution in [2.45, 2.75) is 6.54 Å². The highest BCUT2D eigenvalue weighted by molar-refractivity contribution is 7.18. The number of para-hydroxylation sites is 1. The van der Waals surface area contributed by atoms with Crippen LogP contribution in [0.5, 0.6) is 11.5 Å². The minimum atomic E-state index is -0.609. The maximum Gasteiger partial charge on any atom is 0.338 e. The van der Waals surface area contributed by atoms with Gasteiger partial charge in [0.15, 0.2) is 18.1 Å². The van der Waals surface area contributed by atoms with Gasteiger partial charge in [0.05, 0.1) is 36.5 Å². The quantitative estimate of drug-likeness (QED) is 0.567. The molecular formula is C20H20N2O5S. The van der Waals surface area contributed by atoms with E-state index in [0.29, 0.717) is 18.0 Å². The average molecular weight is 400 g/mol. The first-order valence-electron chi connectivity index (χ1n) is 8.49. The summed E-state index contributed by atoms with van der Waals surface area (Å²) in [5, 5.41) is 0.822. The first-order valence-corrected chi connectivity index (χ1v) is 9.31. The predicted molar refractivity (Wildman–Crippen MR) is 106 cm³/mol. The number of rotatable bonds is 7. The van der Waals surface area contributed by atoms with E-state index in [-0.39, 0.29) is 18.1 Å². The Morgan fingerprint density at radius 3 is 2.54 bits per heavy atom. The van der Waals surface area contributed by atoms with Gasteiger partial charge in [0.25, 0.3) is 5.91 Å². The summed E-state index contributed by atoms with van der Waals surface area (Å²) in [4.78, 5) is 30.5. The van der Waals surface area contributed by atoms with Gasteiger partial charge in [-0.25, -0.2) is 9.78 Å². The molecule has 0 saturated carbocycles. The Morgan fingerprint density at radius 1 is 1.07 bits per heavy atom. The number of esters is 1. The molecule has 0 unspecified atom stereocenters. The van der Waals surface area contributed by atoms with Crippen molar-refractivity contribution < 1.29 is 23.8 Å². The Kier molecular flexibility index (Phi) is 6.10. The van der Waals surface area contributed by atoms with Crippen molar-refractivity contribution >= 4 is 33.4 Å². The van der Waals surface area contributed by atoms with Gasteiger partial charge in [0, 0.05) is 7.05 Å². The summed E-state index contributed by atoms with van der Waals surface area (Å²) in [5.74, 6) is -0.00213. The summed E-state index contributed by atoms with van der Waals surface area (Å²) in [7, 11) is 4.64. The lowest BCUT2D eigenvalue weighted by molar-refractivity contribution is -0.133. The fourth-order valence-corrected chi connectivity index (χ4v) is 3.58. The fraction of sp³-hybridized carbons (Fsp3) is 0.250. The Morgan fingerprint density at radius 2 is 1.82 bits per heavy atom. The molecule has 3 aromatic rings. The Hall–Kier alpha value is -3.13. The van der Waals surface area contributed by atoms with E-state index in [9.17, 15) is 9.59 Å². The first-order chi connectivity index (χ1) is 13.5. The zero-order valence-electron chi connectivity index (χ0n) is 15.8. The van der Waals surface area contributed by atoms with Crippen LogP contribution in [-0.4, -0.2) is 49.6 Å².